The lowest BCUT2D eigenvalue weighted by Crippen LogP contribution is -2.35. The summed E-state index contributed by atoms with van der Waals surface area (Å²) in [7, 11) is 0. The molecule has 0 bridgehead atoms. The Balaban J connectivity index is 1.96. The van der Waals surface area contributed by atoms with Gasteiger partial charge < -0.3 is 0 Å². The lowest BCUT2D eigenvalue weighted by Gasteiger charge is -2.36. The topological polar surface area (TPSA) is 0 Å². The SMILES string of the molecule is FC(F)(F)C1[CH]C(CCl)C(C2CC2)CC1. The van der Waals surface area contributed by atoms with E-state index in [9.17, 15) is 13.2 Å². The molecule has 2 saturated carbocycles. The van der Waals surface area contributed by atoms with E-state index in [1.165, 1.54) is 19.3 Å². The van der Waals surface area contributed by atoms with Gasteiger partial charge in [-0.15, -0.1) is 11.6 Å². The van der Waals surface area contributed by atoms with Crippen LogP contribution >= 0.6 is 11.6 Å². The van der Waals surface area contributed by atoms with Gasteiger partial charge in [0, 0.05) is 5.88 Å². The highest BCUT2D eigenvalue weighted by Gasteiger charge is 2.47. The average Bonchev–Trinajstić information content (AvgIpc) is 2.98. The number of alkyl halides is 4. The van der Waals surface area contributed by atoms with E-state index in [1.807, 2.05) is 0 Å². The maximum absolute atomic E-state index is 12.5. The summed E-state index contributed by atoms with van der Waals surface area (Å²) in [6.07, 6.45) is 0.713. The minimum absolute atomic E-state index is 0.0282. The van der Waals surface area contributed by atoms with Crippen LogP contribution in [0.1, 0.15) is 25.7 Å². The number of hydrogen-bond acceptors (Lipinski definition) is 0. The molecule has 0 aromatic heterocycles. The lowest BCUT2D eigenvalue weighted by atomic mass is 9.72. The van der Waals surface area contributed by atoms with E-state index in [4.69, 9.17) is 11.6 Å². The Labute approximate surface area is 93.2 Å². The molecule has 3 atom stereocenters. The molecule has 15 heavy (non-hydrogen) atoms. The van der Waals surface area contributed by atoms with Crippen LogP contribution in [0.25, 0.3) is 0 Å². The molecule has 0 aromatic rings. The molecule has 0 spiro atoms. The van der Waals surface area contributed by atoms with Crippen LogP contribution in [0, 0.1) is 30.1 Å². The predicted molar refractivity (Wildman–Crippen MR) is 53.5 cm³/mol. The molecular weight excluding hydrogens is 225 g/mol. The zero-order valence-electron chi connectivity index (χ0n) is 8.43. The van der Waals surface area contributed by atoms with E-state index >= 15 is 0 Å². The third-order valence-electron chi connectivity index (χ3n) is 3.67. The van der Waals surface area contributed by atoms with Gasteiger partial charge in [0.15, 0.2) is 0 Å². The first kappa shape index (κ1) is 11.6. The molecule has 0 saturated heterocycles. The van der Waals surface area contributed by atoms with E-state index in [2.05, 4.69) is 0 Å². The molecule has 87 valence electrons. The van der Waals surface area contributed by atoms with Crippen LogP contribution < -0.4 is 0 Å². The molecule has 0 aliphatic heterocycles. The van der Waals surface area contributed by atoms with Gasteiger partial charge in [0.05, 0.1) is 5.92 Å². The molecule has 4 heteroatoms. The van der Waals surface area contributed by atoms with Gasteiger partial charge in [0.2, 0.25) is 0 Å². The minimum atomic E-state index is -4.07. The first-order valence-corrected chi connectivity index (χ1v) is 6.03. The van der Waals surface area contributed by atoms with Gasteiger partial charge in [-0.05, 0) is 49.9 Å². The molecule has 0 heterocycles. The molecule has 1 radical (unpaired) electrons. The largest absolute Gasteiger partial charge is 0.392 e. The van der Waals surface area contributed by atoms with Crippen molar-refractivity contribution in [2.24, 2.45) is 23.7 Å². The van der Waals surface area contributed by atoms with Crippen molar-refractivity contribution >= 4 is 11.6 Å². The zero-order valence-corrected chi connectivity index (χ0v) is 9.19. The van der Waals surface area contributed by atoms with Crippen LogP contribution in [0.5, 0.6) is 0 Å². The summed E-state index contributed by atoms with van der Waals surface area (Å²) < 4.78 is 37.6. The predicted octanol–water partition coefficient (Wildman–Crippen LogP) is 4.04. The summed E-state index contributed by atoms with van der Waals surface area (Å²) >= 11 is 5.76. The summed E-state index contributed by atoms with van der Waals surface area (Å²) in [6, 6.07) is 0. The van der Waals surface area contributed by atoms with Crippen LogP contribution in [-0.2, 0) is 0 Å². The summed E-state index contributed by atoms with van der Waals surface area (Å²) in [4.78, 5) is 0. The van der Waals surface area contributed by atoms with Crippen molar-refractivity contribution in [2.75, 3.05) is 5.88 Å². The van der Waals surface area contributed by atoms with Crippen molar-refractivity contribution in [1.29, 1.82) is 0 Å². The van der Waals surface area contributed by atoms with Crippen molar-refractivity contribution in [1.82, 2.24) is 0 Å². The molecule has 2 aliphatic carbocycles. The highest BCUT2D eigenvalue weighted by molar-refractivity contribution is 6.18. The van der Waals surface area contributed by atoms with E-state index in [0.717, 1.165) is 0 Å². The fourth-order valence-electron chi connectivity index (χ4n) is 2.67. The molecule has 2 fully saturated rings. The lowest BCUT2D eigenvalue weighted by molar-refractivity contribution is -0.174. The summed E-state index contributed by atoms with van der Waals surface area (Å²) in [5, 5.41) is 0. The maximum atomic E-state index is 12.5. The molecule has 0 nitrogen and oxygen atoms in total. The molecule has 0 amide bonds. The van der Waals surface area contributed by atoms with Gasteiger partial charge >= 0.3 is 6.18 Å². The Morgan fingerprint density at radius 1 is 1.13 bits per heavy atom. The Bertz CT molecular complexity index is 222. The van der Waals surface area contributed by atoms with Gasteiger partial charge in [-0.2, -0.15) is 13.2 Å². The number of hydrogen-bond donors (Lipinski definition) is 0. The Kier molecular flexibility index (Phi) is 3.20. The second-order valence-corrected chi connectivity index (χ2v) is 5.05. The molecule has 2 rings (SSSR count). The van der Waals surface area contributed by atoms with Gasteiger partial charge in [-0.3, -0.25) is 0 Å². The normalized spacial score (nSPS) is 38.0. The summed E-state index contributed by atoms with van der Waals surface area (Å²) in [5.74, 6) is 0.157. The molecule has 2 aliphatic rings. The highest BCUT2D eigenvalue weighted by Crippen LogP contribution is 2.50. The Hall–Kier alpha value is 0.0800. The highest BCUT2D eigenvalue weighted by atomic mass is 35.5. The molecular formula is C11H15ClF3. The third kappa shape index (κ3) is 2.61. The monoisotopic (exact) mass is 239 g/mol. The van der Waals surface area contributed by atoms with Crippen molar-refractivity contribution < 1.29 is 13.2 Å². The fourth-order valence-corrected chi connectivity index (χ4v) is 3.00. The van der Waals surface area contributed by atoms with Crippen LogP contribution in [0.2, 0.25) is 0 Å². The van der Waals surface area contributed by atoms with Crippen molar-refractivity contribution in [2.45, 2.75) is 31.9 Å². The van der Waals surface area contributed by atoms with Crippen LogP contribution in [0.15, 0.2) is 0 Å². The number of halogens is 4. The maximum Gasteiger partial charge on any atom is 0.392 e. The van der Waals surface area contributed by atoms with E-state index < -0.39 is 12.1 Å². The molecule has 0 N–H and O–H groups in total. The minimum Gasteiger partial charge on any atom is -0.171 e. The van der Waals surface area contributed by atoms with Crippen LogP contribution in [0.3, 0.4) is 0 Å². The second-order valence-electron chi connectivity index (χ2n) is 4.74. The summed E-state index contributed by atoms with van der Waals surface area (Å²) in [5.41, 5.74) is 0. The third-order valence-corrected chi connectivity index (χ3v) is 4.02. The Morgan fingerprint density at radius 2 is 1.80 bits per heavy atom. The van der Waals surface area contributed by atoms with E-state index in [1.54, 1.807) is 0 Å². The van der Waals surface area contributed by atoms with Crippen LogP contribution in [0.4, 0.5) is 13.2 Å². The van der Waals surface area contributed by atoms with Crippen molar-refractivity contribution in [3.63, 3.8) is 0 Å². The quantitative estimate of drug-likeness (QED) is 0.638. The molecule has 0 aromatic carbocycles. The van der Waals surface area contributed by atoms with E-state index in [0.29, 0.717) is 24.1 Å². The summed E-state index contributed by atoms with van der Waals surface area (Å²) in [6.45, 7) is 0. The Morgan fingerprint density at radius 3 is 2.27 bits per heavy atom. The van der Waals surface area contributed by atoms with Gasteiger partial charge in [-0.1, -0.05) is 0 Å². The first-order valence-electron chi connectivity index (χ1n) is 5.50. The average molecular weight is 240 g/mol. The van der Waals surface area contributed by atoms with E-state index in [-0.39, 0.29) is 12.3 Å². The smallest absolute Gasteiger partial charge is 0.171 e. The van der Waals surface area contributed by atoms with Gasteiger partial charge in [-0.25, -0.2) is 0 Å². The number of rotatable bonds is 2. The van der Waals surface area contributed by atoms with Crippen molar-refractivity contribution in [3.05, 3.63) is 6.42 Å². The zero-order chi connectivity index (χ0) is 11.1. The van der Waals surface area contributed by atoms with Crippen molar-refractivity contribution in [3.8, 4) is 0 Å². The van der Waals surface area contributed by atoms with Crippen LogP contribution in [-0.4, -0.2) is 12.1 Å². The fraction of sp³-hybridized carbons (Fsp3) is 0.909. The van der Waals surface area contributed by atoms with Gasteiger partial charge in [0.25, 0.3) is 0 Å². The van der Waals surface area contributed by atoms with Gasteiger partial charge in [0.1, 0.15) is 0 Å². The standard InChI is InChI=1S/C11H15ClF3/c12-6-8-5-9(11(13,14)15)3-4-10(8)7-1-2-7/h5,7-10H,1-4,6H2. The first-order chi connectivity index (χ1) is 7.02. The second kappa shape index (κ2) is 4.15. The molecule has 3 unspecified atom stereocenters.